The first kappa shape index (κ1) is 17.6. The van der Waals surface area contributed by atoms with Crippen molar-refractivity contribution >= 4 is 33.5 Å². The summed E-state index contributed by atoms with van der Waals surface area (Å²) >= 11 is 0. The number of rotatable bonds is 5. The van der Waals surface area contributed by atoms with Gasteiger partial charge in [0, 0.05) is 35.4 Å². The number of furan rings is 1. The van der Waals surface area contributed by atoms with E-state index in [4.69, 9.17) is 9.15 Å². The zero-order valence-electron chi connectivity index (χ0n) is 15.0. The molecule has 0 spiro atoms. The van der Waals surface area contributed by atoms with Gasteiger partial charge in [-0.1, -0.05) is 18.2 Å². The monoisotopic (exact) mass is 379 g/mol. The number of anilines is 1. The lowest BCUT2D eigenvalue weighted by Crippen LogP contribution is -2.29. The highest BCUT2D eigenvalue weighted by atomic mass is 16.5. The van der Waals surface area contributed by atoms with Crippen LogP contribution in [0.2, 0.25) is 0 Å². The number of hydrogen-bond acceptors (Lipinski definition) is 5. The van der Waals surface area contributed by atoms with Crippen LogP contribution in [-0.4, -0.2) is 22.8 Å². The van der Waals surface area contributed by atoms with Gasteiger partial charge in [-0.15, -0.1) is 0 Å². The van der Waals surface area contributed by atoms with Crippen molar-refractivity contribution in [3.63, 3.8) is 0 Å². The smallest absolute Gasteiger partial charge is 0.265 e. The zero-order valence-corrected chi connectivity index (χ0v) is 15.0. The molecule has 0 saturated heterocycles. The van der Waals surface area contributed by atoms with Gasteiger partial charge in [-0.25, -0.2) is 4.68 Å². The Morgan fingerprint density at radius 2 is 1.93 bits per heavy atom. The van der Waals surface area contributed by atoms with Crippen molar-refractivity contribution in [1.82, 2.24) is 9.78 Å². The molecule has 2 aromatic carbocycles. The van der Waals surface area contributed by atoms with Crippen LogP contribution >= 0.6 is 0 Å². The molecule has 4 aromatic rings. The fourth-order valence-electron chi connectivity index (χ4n) is 3.07. The summed E-state index contributed by atoms with van der Waals surface area (Å²) in [5.41, 5.74) is 1.05. The van der Waals surface area contributed by atoms with Gasteiger partial charge in [-0.05, 0) is 12.1 Å². The van der Waals surface area contributed by atoms with Crippen molar-refractivity contribution in [2.45, 2.75) is 13.0 Å². The highest BCUT2D eigenvalue weighted by molar-refractivity contribution is 6.07. The van der Waals surface area contributed by atoms with Gasteiger partial charge in [-0.3, -0.25) is 19.5 Å². The molecule has 0 aliphatic rings. The molecule has 28 heavy (non-hydrogen) atoms. The molecule has 0 saturated carbocycles. The quantitative estimate of drug-likeness (QED) is 0.554. The predicted octanol–water partition coefficient (Wildman–Crippen LogP) is 2.47. The molecule has 2 aromatic heterocycles. The zero-order chi connectivity index (χ0) is 19.7. The number of aromatic nitrogens is 2. The summed E-state index contributed by atoms with van der Waals surface area (Å²) in [6, 6.07) is 13.5. The lowest BCUT2D eigenvalue weighted by Gasteiger charge is -2.11. The van der Waals surface area contributed by atoms with Crippen LogP contribution in [0.4, 0.5) is 5.69 Å². The second-order valence-electron chi connectivity index (χ2n) is 6.24. The fraction of sp³-hybridized carbons (Fsp3) is 0.150. The van der Waals surface area contributed by atoms with E-state index in [9.17, 15) is 14.4 Å². The molecular formula is C20H17N3O5. The highest BCUT2D eigenvalue weighted by Crippen LogP contribution is 2.36. The SMILES string of the molecule is COc1cc2c(cc1NC(=O)CCn1[nH]c(=O)ccc1=O)oc1ccccc12. The Morgan fingerprint density at radius 1 is 1.11 bits per heavy atom. The molecule has 0 bridgehead atoms. The predicted molar refractivity (Wildman–Crippen MR) is 105 cm³/mol. The van der Waals surface area contributed by atoms with Crippen molar-refractivity contribution in [3.8, 4) is 5.75 Å². The Hall–Kier alpha value is -3.81. The minimum atomic E-state index is -0.406. The topological polar surface area (TPSA) is 106 Å². The number of amides is 1. The number of aromatic amines is 1. The molecule has 4 rings (SSSR count). The van der Waals surface area contributed by atoms with Crippen molar-refractivity contribution in [3.05, 3.63) is 69.2 Å². The van der Waals surface area contributed by atoms with E-state index < -0.39 is 5.56 Å². The molecule has 2 heterocycles. The Bertz CT molecular complexity index is 1300. The Morgan fingerprint density at radius 3 is 2.75 bits per heavy atom. The van der Waals surface area contributed by atoms with Crippen molar-refractivity contribution in [1.29, 1.82) is 0 Å². The standard InChI is InChI=1S/C20H17N3O5/c1-27-17-10-13-12-4-2-3-5-15(12)28-16(13)11-14(17)21-18(24)8-9-23-20(26)7-6-19(25)22-23/h2-7,10-11H,8-9H2,1H3,(H,21,24)(H,22,25). The van der Waals surface area contributed by atoms with E-state index in [1.807, 2.05) is 30.3 Å². The average molecular weight is 379 g/mol. The number of methoxy groups -OCH3 is 1. The summed E-state index contributed by atoms with van der Waals surface area (Å²) in [7, 11) is 1.52. The number of nitrogens with one attached hydrogen (secondary N) is 2. The van der Waals surface area contributed by atoms with Gasteiger partial charge >= 0.3 is 0 Å². The van der Waals surface area contributed by atoms with Crippen molar-refractivity contribution < 1.29 is 13.9 Å². The Labute approximate surface area is 158 Å². The molecule has 2 N–H and O–H groups in total. The van der Waals surface area contributed by atoms with E-state index in [0.29, 0.717) is 17.0 Å². The molecule has 8 nitrogen and oxygen atoms in total. The maximum atomic E-state index is 12.4. The number of carbonyl (C=O) groups is 1. The summed E-state index contributed by atoms with van der Waals surface area (Å²) in [5, 5.41) is 7.00. The third-order valence-electron chi connectivity index (χ3n) is 4.42. The second-order valence-corrected chi connectivity index (χ2v) is 6.24. The van der Waals surface area contributed by atoms with Crippen molar-refractivity contribution in [2.24, 2.45) is 0 Å². The molecule has 0 fully saturated rings. The molecule has 0 aliphatic carbocycles. The summed E-state index contributed by atoms with van der Waals surface area (Å²) in [4.78, 5) is 35.4. The van der Waals surface area contributed by atoms with Gasteiger partial charge < -0.3 is 14.5 Å². The van der Waals surface area contributed by atoms with Crippen LogP contribution in [0.25, 0.3) is 21.9 Å². The number of ether oxygens (including phenoxy) is 1. The minimum Gasteiger partial charge on any atom is -0.495 e. The van der Waals surface area contributed by atoms with Gasteiger partial charge in [0.25, 0.3) is 11.1 Å². The first-order valence-corrected chi connectivity index (χ1v) is 8.64. The molecule has 0 aliphatic heterocycles. The fourth-order valence-corrected chi connectivity index (χ4v) is 3.07. The maximum absolute atomic E-state index is 12.4. The largest absolute Gasteiger partial charge is 0.495 e. The second kappa shape index (κ2) is 7.07. The van der Waals surface area contributed by atoms with Crippen LogP contribution in [-0.2, 0) is 11.3 Å². The molecule has 0 radical (unpaired) electrons. The Balaban J connectivity index is 1.58. The van der Waals surface area contributed by atoms with E-state index in [1.54, 1.807) is 6.07 Å². The maximum Gasteiger partial charge on any atom is 0.265 e. The van der Waals surface area contributed by atoms with Crippen LogP contribution in [0.1, 0.15) is 6.42 Å². The molecule has 1 amide bonds. The van der Waals surface area contributed by atoms with Gasteiger partial charge in [0.2, 0.25) is 5.91 Å². The number of H-pyrrole nitrogens is 1. The van der Waals surface area contributed by atoms with E-state index in [-0.39, 0.29) is 24.4 Å². The normalized spacial score (nSPS) is 11.0. The summed E-state index contributed by atoms with van der Waals surface area (Å²) in [5.74, 6) is 0.169. The van der Waals surface area contributed by atoms with Crippen LogP contribution in [0.5, 0.6) is 5.75 Å². The van der Waals surface area contributed by atoms with E-state index in [0.717, 1.165) is 33.2 Å². The molecule has 0 unspecified atom stereocenters. The van der Waals surface area contributed by atoms with Crippen LogP contribution in [0, 0.1) is 0 Å². The lowest BCUT2D eigenvalue weighted by molar-refractivity contribution is -0.116. The number of benzene rings is 2. The Kier molecular flexibility index (Phi) is 4.44. The van der Waals surface area contributed by atoms with Crippen LogP contribution in [0.3, 0.4) is 0 Å². The van der Waals surface area contributed by atoms with Gasteiger partial charge in [0.15, 0.2) is 0 Å². The summed E-state index contributed by atoms with van der Waals surface area (Å²) in [6.07, 6.45) is 0.00117. The van der Waals surface area contributed by atoms with Gasteiger partial charge in [0.1, 0.15) is 16.9 Å². The first-order chi connectivity index (χ1) is 13.5. The number of aryl methyl sites for hydroxylation is 1. The lowest BCUT2D eigenvalue weighted by atomic mass is 10.1. The molecule has 0 atom stereocenters. The van der Waals surface area contributed by atoms with E-state index >= 15 is 0 Å². The number of carbonyl (C=O) groups excluding carboxylic acids is 1. The van der Waals surface area contributed by atoms with Crippen LogP contribution in [0.15, 0.2) is 62.5 Å². The van der Waals surface area contributed by atoms with E-state index in [1.165, 1.54) is 7.11 Å². The minimum absolute atomic E-state index is 0.00117. The molecule has 142 valence electrons. The third-order valence-corrected chi connectivity index (χ3v) is 4.42. The first-order valence-electron chi connectivity index (χ1n) is 8.64. The van der Waals surface area contributed by atoms with Crippen LogP contribution < -0.4 is 21.2 Å². The van der Waals surface area contributed by atoms with Gasteiger partial charge in [-0.2, -0.15) is 0 Å². The molecule has 8 heteroatoms. The number of hydrogen-bond donors (Lipinski definition) is 2. The van der Waals surface area contributed by atoms with Gasteiger partial charge in [0.05, 0.1) is 19.3 Å². The number of para-hydroxylation sites is 1. The third kappa shape index (κ3) is 3.27. The van der Waals surface area contributed by atoms with Crippen molar-refractivity contribution in [2.75, 3.05) is 12.4 Å². The summed E-state index contributed by atoms with van der Waals surface area (Å²) < 4.78 is 12.4. The number of nitrogens with zero attached hydrogens (tertiary/aromatic N) is 1. The highest BCUT2D eigenvalue weighted by Gasteiger charge is 2.14. The number of fused-ring (bicyclic) bond motifs is 3. The van der Waals surface area contributed by atoms with E-state index in [2.05, 4.69) is 10.4 Å². The summed E-state index contributed by atoms with van der Waals surface area (Å²) in [6.45, 7) is 0.0515. The molecular weight excluding hydrogens is 362 g/mol. The average Bonchev–Trinajstić information content (AvgIpc) is 3.05.